The molecule has 0 radical (unpaired) electrons. The molecule has 0 N–H and O–H groups in total. The summed E-state index contributed by atoms with van der Waals surface area (Å²) in [5.74, 6) is -0.0929. The van der Waals surface area contributed by atoms with Crippen LogP contribution in [0.25, 0.3) is 16.7 Å². The van der Waals surface area contributed by atoms with E-state index in [0.717, 1.165) is 34.5 Å². The van der Waals surface area contributed by atoms with Crippen molar-refractivity contribution in [3.05, 3.63) is 96.2 Å². The van der Waals surface area contributed by atoms with E-state index in [4.69, 9.17) is 0 Å². The van der Waals surface area contributed by atoms with Gasteiger partial charge in [-0.2, -0.15) is 0 Å². The highest BCUT2D eigenvalue weighted by atomic mass is 32.2. The number of amides is 1. The molecule has 3 heterocycles. The maximum atomic E-state index is 13.7. The van der Waals surface area contributed by atoms with E-state index in [9.17, 15) is 9.59 Å². The second kappa shape index (κ2) is 9.11. The molecular formula is C26H24N4O2S. The van der Waals surface area contributed by atoms with Crippen molar-refractivity contribution < 1.29 is 4.79 Å². The topological polar surface area (TPSA) is 60.1 Å². The minimum Gasteiger partial charge on any atom is -0.337 e. The number of carbonyl (C=O) groups is 1. The van der Waals surface area contributed by atoms with E-state index in [0.29, 0.717) is 13.1 Å². The summed E-state index contributed by atoms with van der Waals surface area (Å²) in [6.07, 6.45) is 6.47. The molecular weight excluding hydrogens is 432 g/mol. The van der Waals surface area contributed by atoms with E-state index in [1.165, 1.54) is 11.0 Å². The van der Waals surface area contributed by atoms with Crippen LogP contribution < -0.4 is 5.69 Å². The van der Waals surface area contributed by atoms with Gasteiger partial charge in [0.25, 0.3) is 0 Å². The Kier molecular flexibility index (Phi) is 5.88. The molecule has 0 aliphatic carbocycles. The van der Waals surface area contributed by atoms with E-state index >= 15 is 0 Å². The van der Waals surface area contributed by atoms with Gasteiger partial charge in [-0.15, -0.1) is 0 Å². The number of rotatable bonds is 5. The summed E-state index contributed by atoms with van der Waals surface area (Å²) in [5, 5.41) is 0. The Hall–Kier alpha value is -3.58. The average Bonchev–Trinajstić information content (AvgIpc) is 3.16. The molecule has 2 aromatic carbocycles. The molecule has 1 unspecified atom stereocenters. The summed E-state index contributed by atoms with van der Waals surface area (Å²) in [6.45, 7) is 4.79. The number of aromatic nitrogens is 3. The van der Waals surface area contributed by atoms with Gasteiger partial charge in [0.05, 0.1) is 29.0 Å². The standard InChI is InChI=1S/C26H24N4O2S/c1-2-25(31)28-16-6-7-20(18-28)30-23-14-15-27-17-24(23)29(26(30)32)19-10-12-22(13-11-19)33-21-8-4-3-5-9-21/h2-5,8-15,17,20H,1,6-7,16,18H2. The monoisotopic (exact) mass is 456 g/mol. The Balaban J connectivity index is 1.52. The van der Waals surface area contributed by atoms with Gasteiger partial charge in [-0.3, -0.25) is 18.9 Å². The van der Waals surface area contributed by atoms with Gasteiger partial charge in [0.15, 0.2) is 0 Å². The molecule has 1 atom stereocenters. The van der Waals surface area contributed by atoms with Crippen LogP contribution in [0.15, 0.2) is 100 Å². The zero-order valence-electron chi connectivity index (χ0n) is 18.1. The fourth-order valence-corrected chi connectivity index (χ4v) is 5.29. The van der Waals surface area contributed by atoms with Crippen LogP contribution in [-0.4, -0.2) is 38.0 Å². The van der Waals surface area contributed by atoms with Crippen molar-refractivity contribution in [1.82, 2.24) is 19.0 Å². The fraction of sp³-hybridized carbons (Fsp3) is 0.192. The number of fused-ring (bicyclic) bond motifs is 1. The maximum absolute atomic E-state index is 13.7. The molecule has 6 nitrogen and oxygen atoms in total. The molecule has 1 fully saturated rings. The van der Waals surface area contributed by atoms with Crippen LogP contribution in [0, 0.1) is 0 Å². The van der Waals surface area contributed by atoms with Gasteiger partial charge in [0, 0.05) is 29.1 Å². The summed E-state index contributed by atoms with van der Waals surface area (Å²) in [4.78, 5) is 34.2. The molecule has 0 spiro atoms. The van der Waals surface area contributed by atoms with Gasteiger partial charge < -0.3 is 4.90 Å². The van der Waals surface area contributed by atoms with Gasteiger partial charge in [-0.25, -0.2) is 4.79 Å². The van der Waals surface area contributed by atoms with Crippen LogP contribution in [0.2, 0.25) is 0 Å². The predicted octanol–water partition coefficient (Wildman–Crippen LogP) is 4.69. The Morgan fingerprint density at radius 3 is 2.55 bits per heavy atom. The van der Waals surface area contributed by atoms with E-state index in [-0.39, 0.29) is 17.6 Å². The normalized spacial score (nSPS) is 16.1. The van der Waals surface area contributed by atoms with Gasteiger partial charge in [-0.05, 0) is 61.4 Å². The number of carbonyl (C=O) groups excluding carboxylic acids is 1. The second-order valence-corrected chi connectivity index (χ2v) is 9.19. The number of pyridine rings is 1. The van der Waals surface area contributed by atoms with E-state index in [1.54, 1.807) is 33.6 Å². The molecule has 166 valence electrons. The van der Waals surface area contributed by atoms with Crippen molar-refractivity contribution in [1.29, 1.82) is 0 Å². The first-order chi connectivity index (χ1) is 16.2. The van der Waals surface area contributed by atoms with Crippen LogP contribution in [0.3, 0.4) is 0 Å². The third-order valence-electron chi connectivity index (χ3n) is 6.00. The molecule has 2 aromatic heterocycles. The van der Waals surface area contributed by atoms with E-state index in [1.807, 2.05) is 53.1 Å². The van der Waals surface area contributed by atoms with E-state index < -0.39 is 0 Å². The molecule has 1 aliphatic rings. The number of hydrogen-bond acceptors (Lipinski definition) is 4. The van der Waals surface area contributed by atoms with Crippen LogP contribution >= 0.6 is 11.8 Å². The van der Waals surface area contributed by atoms with Crippen LogP contribution in [0.5, 0.6) is 0 Å². The minimum atomic E-state index is -0.112. The highest BCUT2D eigenvalue weighted by Gasteiger charge is 2.27. The van der Waals surface area contributed by atoms with Gasteiger partial charge in [0.1, 0.15) is 0 Å². The molecule has 1 saturated heterocycles. The number of imidazole rings is 1. The molecule has 33 heavy (non-hydrogen) atoms. The minimum absolute atomic E-state index is 0.0887. The first-order valence-electron chi connectivity index (χ1n) is 11.0. The zero-order valence-corrected chi connectivity index (χ0v) is 18.9. The number of hydrogen-bond donors (Lipinski definition) is 0. The van der Waals surface area contributed by atoms with Crippen molar-refractivity contribution in [2.24, 2.45) is 0 Å². The highest BCUT2D eigenvalue weighted by Crippen LogP contribution is 2.29. The summed E-state index contributed by atoms with van der Waals surface area (Å²) in [5.41, 5.74) is 2.28. The maximum Gasteiger partial charge on any atom is 0.334 e. The Bertz CT molecular complexity index is 1360. The summed E-state index contributed by atoms with van der Waals surface area (Å²) >= 11 is 1.68. The zero-order chi connectivity index (χ0) is 22.8. The molecule has 0 bridgehead atoms. The predicted molar refractivity (Wildman–Crippen MR) is 131 cm³/mol. The molecule has 0 saturated carbocycles. The number of benzene rings is 2. The quantitative estimate of drug-likeness (QED) is 0.409. The lowest BCUT2D eigenvalue weighted by atomic mass is 10.1. The second-order valence-electron chi connectivity index (χ2n) is 8.05. The average molecular weight is 457 g/mol. The van der Waals surface area contributed by atoms with Crippen molar-refractivity contribution in [3.63, 3.8) is 0 Å². The summed E-state index contributed by atoms with van der Waals surface area (Å²) < 4.78 is 3.54. The molecule has 7 heteroatoms. The lowest BCUT2D eigenvalue weighted by molar-refractivity contribution is -0.127. The first kappa shape index (κ1) is 21.3. The molecule has 4 aromatic rings. The van der Waals surface area contributed by atoms with Crippen molar-refractivity contribution >= 4 is 28.7 Å². The third-order valence-corrected chi connectivity index (χ3v) is 7.01. The van der Waals surface area contributed by atoms with Crippen LogP contribution in [-0.2, 0) is 4.79 Å². The van der Waals surface area contributed by atoms with Crippen molar-refractivity contribution in [2.75, 3.05) is 13.1 Å². The first-order valence-corrected chi connectivity index (χ1v) is 11.8. The highest BCUT2D eigenvalue weighted by molar-refractivity contribution is 7.99. The molecule has 1 amide bonds. The SMILES string of the molecule is C=CC(=O)N1CCCC(n2c(=O)n(-c3ccc(Sc4ccccc4)cc3)c3cnccc32)C1. The summed E-state index contributed by atoms with van der Waals surface area (Å²) in [6, 6.07) is 20.0. The van der Waals surface area contributed by atoms with Crippen molar-refractivity contribution in [2.45, 2.75) is 28.7 Å². The van der Waals surface area contributed by atoms with Gasteiger partial charge in [0.2, 0.25) is 5.91 Å². The lowest BCUT2D eigenvalue weighted by Gasteiger charge is -2.32. The van der Waals surface area contributed by atoms with Gasteiger partial charge in [-0.1, -0.05) is 36.5 Å². The Morgan fingerprint density at radius 2 is 1.79 bits per heavy atom. The van der Waals surface area contributed by atoms with Crippen LogP contribution in [0.4, 0.5) is 0 Å². The fourth-order valence-electron chi connectivity index (χ4n) is 4.45. The number of nitrogens with zero attached hydrogens (tertiary/aromatic N) is 4. The third kappa shape index (κ3) is 4.12. The van der Waals surface area contributed by atoms with Crippen LogP contribution in [0.1, 0.15) is 18.9 Å². The smallest absolute Gasteiger partial charge is 0.334 e. The molecule has 1 aliphatic heterocycles. The van der Waals surface area contributed by atoms with E-state index in [2.05, 4.69) is 23.7 Å². The lowest BCUT2D eigenvalue weighted by Crippen LogP contribution is -2.42. The van der Waals surface area contributed by atoms with Gasteiger partial charge >= 0.3 is 5.69 Å². The molecule has 5 rings (SSSR count). The largest absolute Gasteiger partial charge is 0.337 e. The number of piperidine rings is 1. The summed E-state index contributed by atoms with van der Waals surface area (Å²) in [7, 11) is 0. The Morgan fingerprint density at radius 1 is 1.03 bits per heavy atom. The Labute approximate surface area is 196 Å². The number of likely N-dealkylation sites (tertiary alicyclic amines) is 1. The van der Waals surface area contributed by atoms with Crippen molar-refractivity contribution in [3.8, 4) is 5.69 Å².